The molecule has 4 nitrogen and oxygen atoms in total. The van der Waals surface area contributed by atoms with Crippen LogP contribution in [0.15, 0.2) is 16.5 Å². The highest BCUT2D eigenvalue weighted by atomic mass is 79.9. The minimum Gasteiger partial charge on any atom is -0.448 e. The first kappa shape index (κ1) is 11.0. The number of hydrogen-bond donors (Lipinski definition) is 0. The van der Waals surface area contributed by atoms with Crippen molar-refractivity contribution in [2.75, 3.05) is 19.4 Å². The molecule has 0 atom stereocenters. The number of furan rings is 1. The monoisotopic (exact) mass is 259 g/mol. The summed E-state index contributed by atoms with van der Waals surface area (Å²) in [5.74, 6) is -0.0483. The molecule has 1 rings (SSSR count). The third-order valence-corrected chi connectivity index (χ3v) is 2.13. The molecule has 0 aliphatic heterocycles. The number of carbonyl (C=O) groups is 2. The van der Waals surface area contributed by atoms with Gasteiger partial charge in [-0.2, -0.15) is 0 Å². The largest absolute Gasteiger partial charge is 0.448 e. The molecule has 0 bridgehead atoms. The van der Waals surface area contributed by atoms with Crippen molar-refractivity contribution in [3.63, 3.8) is 0 Å². The summed E-state index contributed by atoms with van der Waals surface area (Å²) in [6, 6.07) is 3.00. The van der Waals surface area contributed by atoms with Crippen molar-refractivity contribution < 1.29 is 14.0 Å². The number of halogens is 1. The summed E-state index contributed by atoms with van der Waals surface area (Å²) in [5, 5.41) is 0.191. The van der Waals surface area contributed by atoms with Gasteiger partial charge in [0.1, 0.15) is 0 Å². The quantitative estimate of drug-likeness (QED) is 0.612. The summed E-state index contributed by atoms with van der Waals surface area (Å²) in [6.45, 7) is 0. The molecular weight excluding hydrogens is 250 g/mol. The van der Waals surface area contributed by atoms with E-state index in [1.54, 1.807) is 14.1 Å². The Balaban J connectivity index is 2.88. The van der Waals surface area contributed by atoms with Crippen LogP contribution in [0.25, 0.3) is 0 Å². The van der Waals surface area contributed by atoms with E-state index in [2.05, 4.69) is 15.9 Å². The standard InChI is InChI=1S/C9H10BrNO3/c1-11(2)9(13)8-4-3-7(14-8)6(12)5-10/h3-4H,5H2,1-2H3. The maximum absolute atomic E-state index is 11.4. The molecule has 0 fully saturated rings. The van der Waals surface area contributed by atoms with E-state index < -0.39 is 0 Å². The predicted molar refractivity (Wildman–Crippen MR) is 54.9 cm³/mol. The Hall–Kier alpha value is -1.10. The smallest absolute Gasteiger partial charge is 0.289 e. The molecule has 0 spiro atoms. The number of amides is 1. The number of rotatable bonds is 3. The summed E-state index contributed by atoms with van der Waals surface area (Å²) in [6.07, 6.45) is 0. The van der Waals surface area contributed by atoms with Crippen LogP contribution >= 0.6 is 15.9 Å². The predicted octanol–water partition coefficient (Wildman–Crippen LogP) is 1.56. The molecule has 14 heavy (non-hydrogen) atoms. The summed E-state index contributed by atoms with van der Waals surface area (Å²) in [5.41, 5.74) is 0. The van der Waals surface area contributed by atoms with E-state index in [4.69, 9.17) is 4.42 Å². The summed E-state index contributed by atoms with van der Waals surface area (Å²) in [7, 11) is 3.24. The second kappa shape index (κ2) is 4.41. The molecule has 0 saturated carbocycles. The van der Waals surface area contributed by atoms with Crippen molar-refractivity contribution in [3.8, 4) is 0 Å². The number of alkyl halides is 1. The lowest BCUT2D eigenvalue weighted by molar-refractivity contribution is 0.0793. The van der Waals surface area contributed by atoms with Crippen LogP contribution in [-0.2, 0) is 0 Å². The maximum Gasteiger partial charge on any atom is 0.289 e. The lowest BCUT2D eigenvalue weighted by atomic mass is 10.3. The van der Waals surface area contributed by atoms with E-state index in [1.807, 2.05) is 0 Å². The zero-order chi connectivity index (χ0) is 10.7. The first-order valence-electron chi connectivity index (χ1n) is 3.97. The molecule has 0 radical (unpaired) electrons. The third-order valence-electron chi connectivity index (χ3n) is 1.62. The zero-order valence-electron chi connectivity index (χ0n) is 7.91. The molecule has 1 amide bonds. The molecule has 0 saturated heterocycles. The third kappa shape index (κ3) is 2.23. The highest BCUT2D eigenvalue weighted by Gasteiger charge is 2.15. The number of ketones is 1. The minimum absolute atomic E-state index is 0.178. The van der Waals surface area contributed by atoms with E-state index in [-0.39, 0.29) is 28.5 Å². The fourth-order valence-corrected chi connectivity index (χ4v) is 1.17. The van der Waals surface area contributed by atoms with Crippen LogP contribution in [0.4, 0.5) is 0 Å². The van der Waals surface area contributed by atoms with Crippen LogP contribution in [0.5, 0.6) is 0 Å². The van der Waals surface area contributed by atoms with Gasteiger partial charge in [-0.25, -0.2) is 0 Å². The molecule has 0 aliphatic rings. The fourth-order valence-electron chi connectivity index (χ4n) is 0.889. The van der Waals surface area contributed by atoms with Gasteiger partial charge in [0.25, 0.3) is 5.91 Å². The van der Waals surface area contributed by atoms with Gasteiger partial charge in [0.2, 0.25) is 5.78 Å². The Morgan fingerprint density at radius 2 is 1.93 bits per heavy atom. The molecule has 0 unspecified atom stereocenters. The maximum atomic E-state index is 11.4. The van der Waals surface area contributed by atoms with Gasteiger partial charge >= 0.3 is 0 Å². The Kier molecular flexibility index (Phi) is 3.46. The lowest BCUT2D eigenvalue weighted by Gasteiger charge is -2.06. The molecular formula is C9H10BrNO3. The van der Waals surface area contributed by atoms with Crippen LogP contribution in [0.2, 0.25) is 0 Å². The number of nitrogens with zero attached hydrogens (tertiary/aromatic N) is 1. The average molecular weight is 260 g/mol. The first-order chi connectivity index (χ1) is 6.56. The van der Waals surface area contributed by atoms with Crippen molar-refractivity contribution in [3.05, 3.63) is 23.7 Å². The minimum atomic E-state index is -0.251. The van der Waals surface area contributed by atoms with E-state index in [9.17, 15) is 9.59 Å². The summed E-state index contributed by atoms with van der Waals surface area (Å²) >= 11 is 3.02. The number of carbonyl (C=O) groups excluding carboxylic acids is 2. The van der Waals surface area contributed by atoms with Gasteiger partial charge in [0.15, 0.2) is 11.5 Å². The second-order valence-corrected chi connectivity index (χ2v) is 3.48. The topological polar surface area (TPSA) is 50.5 Å². The molecule has 0 aliphatic carbocycles. The van der Waals surface area contributed by atoms with Crippen molar-refractivity contribution >= 4 is 27.6 Å². The molecule has 5 heteroatoms. The zero-order valence-corrected chi connectivity index (χ0v) is 9.50. The van der Waals surface area contributed by atoms with Crippen molar-refractivity contribution in [1.82, 2.24) is 4.90 Å². The van der Waals surface area contributed by atoms with Crippen LogP contribution in [0, 0.1) is 0 Å². The normalized spacial score (nSPS) is 9.93. The van der Waals surface area contributed by atoms with Crippen LogP contribution in [0.3, 0.4) is 0 Å². The Labute approximate surface area is 90.0 Å². The van der Waals surface area contributed by atoms with E-state index >= 15 is 0 Å². The van der Waals surface area contributed by atoms with Gasteiger partial charge in [-0.05, 0) is 12.1 Å². The Bertz CT molecular complexity index is 357. The molecule has 1 heterocycles. The SMILES string of the molecule is CN(C)C(=O)c1ccc(C(=O)CBr)o1. The fraction of sp³-hybridized carbons (Fsp3) is 0.333. The van der Waals surface area contributed by atoms with E-state index in [0.717, 1.165) is 0 Å². The van der Waals surface area contributed by atoms with Crippen molar-refractivity contribution in [2.24, 2.45) is 0 Å². The molecule has 0 N–H and O–H groups in total. The van der Waals surface area contributed by atoms with Crippen molar-refractivity contribution in [2.45, 2.75) is 0 Å². The van der Waals surface area contributed by atoms with E-state index in [1.165, 1.54) is 17.0 Å². The van der Waals surface area contributed by atoms with Gasteiger partial charge < -0.3 is 9.32 Å². The van der Waals surface area contributed by atoms with Gasteiger partial charge in [-0.3, -0.25) is 9.59 Å². The van der Waals surface area contributed by atoms with Gasteiger partial charge in [-0.1, -0.05) is 15.9 Å². The molecule has 1 aromatic rings. The van der Waals surface area contributed by atoms with Gasteiger partial charge in [0, 0.05) is 14.1 Å². The van der Waals surface area contributed by atoms with Crippen molar-refractivity contribution in [1.29, 1.82) is 0 Å². The summed E-state index contributed by atoms with van der Waals surface area (Å²) < 4.78 is 5.09. The number of Topliss-reactive ketones (excluding diaryl/α,β-unsaturated/α-hetero) is 1. The lowest BCUT2D eigenvalue weighted by Crippen LogP contribution is -2.20. The Morgan fingerprint density at radius 3 is 2.43 bits per heavy atom. The highest BCUT2D eigenvalue weighted by Crippen LogP contribution is 2.11. The van der Waals surface area contributed by atoms with E-state index in [0.29, 0.717) is 0 Å². The average Bonchev–Trinajstić information content (AvgIpc) is 2.64. The molecule has 76 valence electrons. The van der Waals surface area contributed by atoms with Crippen LogP contribution in [-0.4, -0.2) is 36.0 Å². The van der Waals surface area contributed by atoms with Crippen LogP contribution < -0.4 is 0 Å². The highest BCUT2D eigenvalue weighted by molar-refractivity contribution is 9.09. The van der Waals surface area contributed by atoms with Gasteiger partial charge in [-0.15, -0.1) is 0 Å². The second-order valence-electron chi connectivity index (χ2n) is 2.92. The Morgan fingerprint density at radius 1 is 1.36 bits per heavy atom. The number of hydrogen-bond acceptors (Lipinski definition) is 3. The van der Waals surface area contributed by atoms with Crippen LogP contribution in [0.1, 0.15) is 21.1 Å². The first-order valence-corrected chi connectivity index (χ1v) is 5.09. The molecule has 0 aromatic carbocycles. The summed E-state index contributed by atoms with van der Waals surface area (Å²) in [4.78, 5) is 23.9. The molecule has 1 aromatic heterocycles. The van der Waals surface area contributed by atoms with Gasteiger partial charge in [0.05, 0.1) is 5.33 Å².